The molecule has 1 aromatic heterocycles. The van der Waals surface area contributed by atoms with Gasteiger partial charge in [-0.2, -0.15) is 11.8 Å². The van der Waals surface area contributed by atoms with Crippen LogP contribution in [0.5, 0.6) is 0 Å². The Morgan fingerprint density at radius 3 is 2.56 bits per heavy atom. The predicted molar refractivity (Wildman–Crippen MR) is 81.1 cm³/mol. The zero-order chi connectivity index (χ0) is 13.1. The molecule has 1 fully saturated rings. The number of hydrogen-bond donors (Lipinski definition) is 1. The first-order chi connectivity index (χ1) is 8.56. The van der Waals surface area contributed by atoms with E-state index < -0.39 is 0 Å². The molecule has 1 aliphatic rings. The van der Waals surface area contributed by atoms with Crippen LogP contribution >= 0.6 is 23.5 Å². The molecule has 2 N–H and O–H groups in total. The SMILES string of the molecule is CC(N)Cc1cnc(C2CSC(C)C(C)S2)nc1. The highest BCUT2D eigenvalue weighted by molar-refractivity contribution is 8.07. The molecule has 0 saturated carbocycles. The molecule has 2 heterocycles. The van der Waals surface area contributed by atoms with Crippen molar-refractivity contribution in [3.05, 3.63) is 23.8 Å². The fourth-order valence-electron chi connectivity index (χ4n) is 1.93. The van der Waals surface area contributed by atoms with Crippen molar-refractivity contribution in [2.24, 2.45) is 5.73 Å². The molecular formula is C13H21N3S2. The van der Waals surface area contributed by atoms with Crippen LogP contribution in [0.3, 0.4) is 0 Å². The van der Waals surface area contributed by atoms with Gasteiger partial charge in [-0.25, -0.2) is 9.97 Å². The summed E-state index contributed by atoms with van der Waals surface area (Å²) >= 11 is 4.02. The van der Waals surface area contributed by atoms with Crippen molar-refractivity contribution in [3.63, 3.8) is 0 Å². The summed E-state index contributed by atoms with van der Waals surface area (Å²) in [6.07, 6.45) is 4.71. The molecule has 4 unspecified atom stereocenters. The van der Waals surface area contributed by atoms with E-state index in [0.29, 0.717) is 10.5 Å². The van der Waals surface area contributed by atoms with Crippen molar-refractivity contribution in [1.29, 1.82) is 0 Å². The fourth-order valence-corrected chi connectivity index (χ4v) is 4.79. The molecule has 2 rings (SSSR count). The first-order valence-corrected chi connectivity index (χ1v) is 8.39. The highest BCUT2D eigenvalue weighted by Crippen LogP contribution is 2.42. The van der Waals surface area contributed by atoms with Crippen molar-refractivity contribution < 1.29 is 0 Å². The smallest absolute Gasteiger partial charge is 0.142 e. The van der Waals surface area contributed by atoms with E-state index in [1.54, 1.807) is 0 Å². The second kappa shape index (κ2) is 6.26. The van der Waals surface area contributed by atoms with Gasteiger partial charge in [-0.05, 0) is 18.9 Å². The summed E-state index contributed by atoms with van der Waals surface area (Å²) in [5.41, 5.74) is 6.90. The summed E-state index contributed by atoms with van der Waals surface area (Å²) < 4.78 is 0. The maximum absolute atomic E-state index is 5.78. The molecule has 0 radical (unpaired) electrons. The topological polar surface area (TPSA) is 51.8 Å². The summed E-state index contributed by atoms with van der Waals surface area (Å²) in [6, 6.07) is 0.167. The van der Waals surface area contributed by atoms with Crippen LogP contribution in [-0.4, -0.2) is 32.3 Å². The van der Waals surface area contributed by atoms with E-state index in [9.17, 15) is 0 Å². The van der Waals surface area contributed by atoms with Crippen LogP contribution in [-0.2, 0) is 6.42 Å². The van der Waals surface area contributed by atoms with Crippen LogP contribution in [0.25, 0.3) is 0 Å². The number of hydrogen-bond acceptors (Lipinski definition) is 5. The number of thioether (sulfide) groups is 2. The molecule has 0 aliphatic carbocycles. The first-order valence-electron chi connectivity index (χ1n) is 6.39. The second-order valence-corrected chi connectivity index (χ2v) is 7.99. The molecule has 0 amide bonds. The summed E-state index contributed by atoms with van der Waals surface area (Å²) in [7, 11) is 0. The lowest BCUT2D eigenvalue weighted by Crippen LogP contribution is -2.23. The zero-order valence-corrected chi connectivity index (χ0v) is 12.8. The van der Waals surface area contributed by atoms with Gasteiger partial charge in [-0.15, -0.1) is 11.8 Å². The molecular weight excluding hydrogens is 262 g/mol. The maximum atomic E-state index is 5.78. The van der Waals surface area contributed by atoms with Crippen molar-refractivity contribution in [2.75, 3.05) is 5.75 Å². The first kappa shape index (κ1) is 14.2. The molecule has 4 atom stereocenters. The molecule has 5 heteroatoms. The van der Waals surface area contributed by atoms with E-state index in [1.165, 1.54) is 0 Å². The third kappa shape index (κ3) is 3.62. The van der Waals surface area contributed by atoms with Gasteiger partial charge in [0.05, 0.1) is 5.25 Å². The van der Waals surface area contributed by atoms with Crippen LogP contribution in [0.15, 0.2) is 12.4 Å². The maximum Gasteiger partial charge on any atom is 0.142 e. The molecule has 1 saturated heterocycles. The largest absolute Gasteiger partial charge is 0.328 e. The molecule has 0 bridgehead atoms. The monoisotopic (exact) mass is 283 g/mol. The Morgan fingerprint density at radius 2 is 2.00 bits per heavy atom. The third-order valence-electron chi connectivity index (χ3n) is 3.12. The van der Waals surface area contributed by atoms with Gasteiger partial charge in [0.15, 0.2) is 0 Å². The average Bonchev–Trinajstić information content (AvgIpc) is 2.33. The lowest BCUT2D eigenvalue weighted by atomic mass is 10.1. The molecule has 3 nitrogen and oxygen atoms in total. The minimum absolute atomic E-state index is 0.167. The van der Waals surface area contributed by atoms with Crippen molar-refractivity contribution >= 4 is 23.5 Å². The van der Waals surface area contributed by atoms with E-state index >= 15 is 0 Å². The van der Waals surface area contributed by atoms with Crippen molar-refractivity contribution in [3.8, 4) is 0 Å². The van der Waals surface area contributed by atoms with E-state index in [0.717, 1.165) is 28.8 Å². The van der Waals surface area contributed by atoms with Gasteiger partial charge in [0.1, 0.15) is 5.82 Å². The number of rotatable bonds is 3. The van der Waals surface area contributed by atoms with Gasteiger partial charge in [-0.1, -0.05) is 13.8 Å². The van der Waals surface area contributed by atoms with Crippen LogP contribution in [0, 0.1) is 0 Å². The number of nitrogens with two attached hydrogens (primary N) is 1. The van der Waals surface area contributed by atoms with Gasteiger partial charge in [-0.3, -0.25) is 0 Å². The van der Waals surface area contributed by atoms with E-state index in [1.807, 2.05) is 42.8 Å². The molecule has 1 aromatic rings. The van der Waals surface area contributed by atoms with E-state index in [-0.39, 0.29) is 6.04 Å². The second-order valence-electron chi connectivity index (χ2n) is 5.00. The van der Waals surface area contributed by atoms with Crippen molar-refractivity contribution in [1.82, 2.24) is 9.97 Å². The van der Waals surface area contributed by atoms with Gasteiger partial charge >= 0.3 is 0 Å². The lowest BCUT2D eigenvalue weighted by molar-refractivity contribution is 0.728. The number of nitrogens with zero attached hydrogens (tertiary/aromatic N) is 2. The Labute approximate surface area is 118 Å². The minimum Gasteiger partial charge on any atom is -0.328 e. The van der Waals surface area contributed by atoms with Crippen molar-refractivity contribution in [2.45, 2.75) is 49.0 Å². The fraction of sp³-hybridized carbons (Fsp3) is 0.692. The lowest BCUT2D eigenvalue weighted by Gasteiger charge is -2.30. The van der Waals surface area contributed by atoms with Gasteiger partial charge in [0.2, 0.25) is 0 Å². The molecule has 0 aromatic carbocycles. The molecule has 100 valence electrons. The van der Waals surface area contributed by atoms with E-state index in [2.05, 4.69) is 23.8 Å². The van der Waals surface area contributed by atoms with Crippen LogP contribution in [0.2, 0.25) is 0 Å². The van der Waals surface area contributed by atoms with E-state index in [4.69, 9.17) is 5.73 Å². The summed E-state index contributed by atoms with van der Waals surface area (Å²) in [6.45, 7) is 6.59. The molecule has 0 spiro atoms. The van der Waals surface area contributed by atoms with Gasteiger partial charge in [0, 0.05) is 34.7 Å². The molecule has 18 heavy (non-hydrogen) atoms. The Kier molecular flexibility index (Phi) is 4.92. The highest BCUT2D eigenvalue weighted by atomic mass is 32.2. The zero-order valence-electron chi connectivity index (χ0n) is 11.2. The third-order valence-corrected chi connectivity index (χ3v) is 6.51. The Morgan fingerprint density at radius 1 is 1.33 bits per heavy atom. The quantitative estimate of drug-likeness (QED) is 0.924. The van der Waals surface area contributed by atoms with Crippen LogP contribution in [0.1, 0.15) is 37.4 Å². The predicted octanol–water partition coefficient (Wildman–Crippen LogP) is 2.66. The molecule has 1 aliphatic heterocycles. The Hall–Kier alpha value is -0.260. The number of aromatic nitrogens is 2. The van der Waals surface area contributed by atoms with Crippen LogP contribution < -0.4 is 5.73 Å². The Bertz CT molecular complexity index is 380. The summed E-state index contributed by atoms with van der Waals surface area (Å²) in [5, 5.41) is 1.83. The van der Waals surface area contributed by atoms with Gasteiger partial charge in [0.25, 0.3) is 0 Å². The highest BCUT2D eigenvalue weighted by Gasteiger charge is 2.28. The summed E-state index contributed by atoms with van der Waals surface area (Å²) in [4.78, 5) is 9.03. The van der Waals surface area contributed by atoms with Crippen LogP contribution in [0.4, 0.5) is 0 Å². The Balaban J connectivity index is 2.01. The van der Waals surface area contributed by atoms with Gasteiger partial charge < -0.3 is 5.73 Å². The standard InChI is InChI=1S/C13H21N3S2/c1-8(14)4-11-5-15-13(16-6-11)12-7-17-9(2)10(3)18-12/h5-6,8-10,12H,4,7,14H2,1-3H3. The average molecular weight is 283 g/mol. The minimum atomic E-state index is 0.167. The summed E-state index contributed by atoms with van der Waals surface area (Å²) in [5.74, 6) is 2.09. The normalized spacial score (nSPS) is 30.1.